The fourth-order valence-electron chi connectivity index (χ4n) is 2.10. The summed E-state index contributed by atoms with van der Waals surface area (Å²) in [6, 6.07) is 11.6. The zero-order chi connectivity index (χ0) is 14.7. The maximum absolute atomic E-state index is 6.02. The Morgan fingerprint density at radius 2 is 1.85 bits per heavy atom. The van der Waals surface area contributed by atoms with Crippen molar-refractivity contribution in [3.8, 4) is 5.75 Å². The van der Waals surface area contributed by atoms with Gasteiger partial charge in [0, 0.05) is 16.0 Å². The molecule has 0 aliphatic carbocycles. The maximum Gasteiger partial charge on any atom is 0.136 e. The molecule has 0 saturated heterocycles. The summed E-state index contributed by atoms with van der Waals surface area (Å²) in [5.74, 6) is 0.818. The molecule has 0 saturated carbocycles. The minimum absolute atomic E-state index is 0.200. The number of halogens is 2. The van der Waals surface area contributed by atoms with E-state index in [0.29, 0.717) is 11.6 Å². The molecule has 0 bridgehead atoms. The van der Waals surface area contributed by atoms with Crippen LogP contribution in [-0.2, 0) is 0 Å². The van der Waals surface area contributed by atoms with Crippen molar-refractivity contribution in [1.82, 2.24) is 0 Å². The molecule has 20 heavy (non-hydrogen) atoms. The first-order valence-electron chi connectivity index (χ1n) is 6.40. The highest BCUT2D eigenvalue weighted by Crippen LogP contribution is 2.29. The predicted octanol–water partition coefficient (Wildman–Crippen LogP) is 4.80. The standard InChI is InChI=1S/C16H17BrClNO/c1-10-6-14(7-11(2)16(10)17)20-15(9-19)12-4-3-5-13(18)8-12/h3-8,15H,9,19H2,1-2H3. The zero-order valence-corrected chi connectivity index (χ0v) is 13.8. The van der Waals surface area contributed by atoms with Crippen molar-refractivity contribution in [2.24, 2.45) is 5.73 Å². The molecule has 2 aromatic carbocycles. The summed E-state index contributed by atoms with van der Waals surface area (Å²) in [6.45, 7) is 4.48. The molecule has 1 unspecified atom stereocenters. The first-order valence-corrected chi connectivity index (χ1v) is 7.57. The van der Waals surface area contributed by atoms with E-state index >= 15 is 0 Å². The topological polar surface area (TPSA) is 35.2 Å². The van der Waals surface area contributed by atoms with Gasteiger partial charge in [-0.1, -0.05) is 39.7 Å². The van der Waals surface area contributed by atoms with Gasteiger partial charge in [-0.15, -0.1) is 0 Å². The largest absolute Gasteiger partial charge is 0.484 e. The summed E-state index contributed by atoms with van der Waals surface area (Å²) in [4.78, 5) is 0. The molecule has 0 aromatic heterocycles. The minimum Gasteiger partial charge on any atom is -0.484 e. The fourth-order valence-corrected chi connectivity index (χ4v) is 2.53. The molecule has 4 heteroatoms. The van der Waals surface area contributed by atoms with Gasteiger partial charge in [0.05, 0.1) is 0 Å². The van der Waals surface area contributed by atoms with E-state index in [2.05, 4.69) is 15.9 Å². The van der Waals surface area contributed by atoms with E-state index in [1.165, 1.54) is 0 Å². The van der Waals surface area contributed by atoms with Gasteiger partial charge in [-0.2, -0.15) is 0 Å². The van der Waals surface area contributed by atoms with Crippen LogP contribution in [0.1, 0.15) is 22.8 Å². The van der Waals surface area contributed by atoms with Crippen LogP contribution in [-0.4, -0.2) is 6.54 Å². The van der Waals surface area contributed by atoms with Gasteiger partial charge in [-0.3, -0.25) is 0 Å². The Kier molecular flexibility index (Phi) is 5.08. The lowest BCUT2D eigenvalue weighted by atomic mass is 10.1. The normalized spacial score (nSPS) is 12.2. The van der Waals surface area contributed by atoms with Gasteiger partial charge in [0.2, 0.25) is 0 Å². The quantitative estimate of drug-likeness (QED) is 0.856. The van der Waals surface area contributed by atoms with Crippen LogP contribution in [0, 0.1) is 13.8 Å². The molecule has 0 heterocycles. The van der Waals surface area contributed by atoms with Crippen molar-refractivity contribution in [2.75, 3.05) is 6.54 Å². The van der Waals surface area contributed by atoms with E-state index in [9.17, 15) is 0 Å². The average Bonchev–Trinajstić information content (AvgIpc) is 2.42. The molecular weight excluding hydrogens is 338 g/mol. The van der Waals surface area contributed by atoms with Gasteiger partial charge in [-0.25, -0.2) is 0 Å². The van der Waals surface area contributed by atoms with Gasteiger partial charge in [-0.05, 0) is 54.8 Å². The Morgan fingerprint density at radius 1 is 1.20 bits per heavy atom. The molecule has 106 valence electrons. The van der Waals surface area contributed by atoms with Crippen molar-refractivity contribution in [2.45, 2.75) is 20.0 Å². The molecule has 0 aliphatic rings. The van der Waals surface area contributed by atoms with E-state index in [4.69, 9.17) is 22.1 Å². The van der Waals surface area contributed by atoms with Crippen molar-refractivity contribution >= 4 is 27.5 Å². The second kappa shape index (κ2) is 6.61. The molecular formula is C16H17BrClNO. The van der Waals surface area contributed by atoms with Crippen molar-refractivity contribution in [3.05, 3.63) is 62.6 Å². The number of rotatable bonds is 4. The lowest BCUT2D eigenvalue weighted by Crippen LogP contribution is -2.18. The third kappa shape index (κ3) is 3.54. The highest BCUT2D eigenvalue weighted by Gasteiger charge is 2.13. The van der Waals surface area contributed by atoms with Crippen LogP contribution in [0.25, 0.3) is 0 Å². The molecule has 0 fully saturated rings. The summed E-state index contributed by atoms with van der Waals surface area (Å²) in [6.07, 6.45) is -0.200. The molecule has 2 nitrogen and oxygen atoms in total. The lowest BCUT2D eigenvalue weighted by molar-refractivity contribution is 0.214. The SMILES string of the molecule is Cc1cc(OC(CN)c2cccc(Cl)c2)cc(C)c1Br. The zero-order valence-electron chi connectivity index (χ0n) is 11.5. The predicted molar refractivity (Wildman–Crippen MR) is 87.5 cm³/mol. The van der Waals surface area contributed by atoms with Gasteiger partial charge in [0.1, 0.15) is 11.9 Å². The van der Waals surface area contributed by atoms with E-state index in [0.717, 1.165) is 26.9 Å². The molecule has 0 aliphatic heterocycles. The Morgan fingerprint density at radius 3 is 2.40 bits per heavy atom. The second-order valence-electron chi connectivity index (χ2n) is 4.77. The lowest BCUT2D eigenvalue weighted by Gasteiger charge is -2.19. The van der Waals surface area contributed by atoms with Crippen LogP contribution < -0.4 is 10.5 Å². The fraction of sp³-hybridized carbons (Fsp3) is 0.250. The molecule has 2 aromatic rings. The van der Waals surface area contributed by atoms with Crippen molar-refractivity contribution in [1.29, 1.82) is 0 Å². The number of hydrogen-bond donors (Lipinski definition) is 1. The molecule has 1 atom stereocenters. The summed E-state index contributed by atoms with van der Waals surface area (Å²) < 4.78 is 7.13. The summed E-state index contributed by atoms with van der Waals surface area (Å²) in [5, 5.41) is 0.688. The van der Waals surface area contributed by atoms with Gasteiger partial charge >= 0.3 is 0 Å². The molecule has 0 amide bonds. The van der Waals surface area contributed by atoms with Gasteiger partial charge < -0.3 is 10.5 Å². The second-order valence-corrected chi connectivity index (χ2v) is 6.00. The monoisotopic (exact) mass is 353 g/mol. The molecule has 0 spiro atoms. The number of benzene rings is 2. The van der Waals surface area contributed by atoms with Crippen LogP contribution in [0.2, 0.25) is 5.02 Å². The number of nitrogens with two attached hydrogens (primary N) is 1. The minimum atomic E-state index is -0.200. The highest BCUT2D eigenvalue weighted by molar-refractivity contribution is 9.10. The maximum atomic E-state index is 6.02. The molecule has 2 rings (SSSR count). The van der Waals surface area contributed by atoms with E-state index < -0.39 is 0 Å². The average molecular weight is 355 g/mol. The molecule has 0 radical (unpaired) electrons. The summed E-state index contributed by atoms with van der Waals surface area (Å²) >= 11 is 9.57. The number of ether oxygens (including phenoxy) is 1. The van der Waals surface area contributed by atoms with Crippen LogP contribution in [0.4, 0.5) is 0 Å². The first kappa shape index (κ1) is 15.4. The number of aryl methyl sites for hydroxylation is 2. The summed E-state index contributed by atoms with van der Waals surface area (Å²) in [5.41, 5.74) is 9.10. The van der Waals surface area contributed by atoms with Gasteiger partial charge in [0.25, 0.3) is 0 Å². The Bertz CT molecular complexity index is 592. The van der Waals surface area contributed by atoms with E-state index in [1.54, 1.807) is 0 Å². The summed E-state index contributed by atoms with van der Waals surface area (Å²) in [7, 11) is 0. The third-order valence-corrected chi connectivity index (χ3v) is 4.61. The molecule has 2 N–H and O–H groups in total. The van der Waals surface area contributed by atoms with Gasteiger partial charge in [0.15, 0.2) is 0 Å². The van der Waals surface area contributed by atoms with Crippen molar-refractivity contribution < 1.29 is 4.74 Å². The Balaban J connectivity index is 2.27. The van der Waals surface area contributed by atoms with Crippen LogP contribution in [0.15, 0.2) is 40.9 Å². The number of hydrogen-bond acceptors (Lipinski definition) is 2. The van der Waals surface area contributed by atoms with Crippen LogP contribution in [0.3, 0.4) is 0 Å². The van der Waals surface area contributed by atoms with E-state index in [1.807, 2.05) is 50.2 Å². The Labute approximate surface area is 133 Å². The van der Waals surface area contributed by atoms with Crippen LogP contribution >= 0.6 is 27.5 Å². The highest BCUT2D eigenvalue weighted by atomic mass is 79.9. The Hall–Kier alpha value is -1.03. The first-order chi connectivity index (χ1) is 9.51. The smallest absolute Gasteiger partial charge is 0.136 e. The van der Waals surface area contributed by atoms with Crippen molar-refractivity contribution in [3.63, 3.8) is 0 Å². The third-order valence-electron chi connectivity index (χ3n) is 3.12. The van der Waals surface area contributed by atoms with Crippen LogP contribution in [0.5, 0.6) is 5.75 Å². The van der Waals surface area contributed by atoms with E-state index in [-0.39, 0.29) is 6.10 Å².